The molecular weight excluding hydrogens is 346 g/mol. The highest BCUT2D eigenvalue weighted by molar-refractivity contribution is 9.10. The largest absolute Gasteiger partial charge is 0.360 e. The first-order valence-electron chi connectivity index (χ1n) is 6.55. The first kappa shape index (κ1) is 14.4. The van der Waals surface area contributed by atoms with E-state index < -0.39 is 0 Å². The lowest BCUT2D eigenvalue weighted by molar-refractivity contribution is 0.400. The summed E-state index contributed by atoms with van der Waals surface area (Å²) < 4.78 is 6.49. The monoisotopic (exact) mass is 359 g/mol. The van der Waals surface area contributed by atoms with E-state index in [-0.39, 0.29) is 0 Å². The van der Waals surface area contributed by atoms with Crippen LogP contribution in [0.1, 0.15) is 5.76 Å². The van der Waals surface area contributed by atoms with E-state index in [2.05, 4.69) is 63.7 Å². The third-order valence-electron chi connectivity index (χ3n) is 3.36. The molecule has 4 heteroatoms. The van der Waals surface area contributed by atoms with Gasteiger partial charge in [-0.1, -0.05) is 45.4 Å². The molecule has 0 unspecified atom stereocenters. The van der Waals surface area contributed by atoms with Crippen LogP contribution in [0.2, 0.25) is 0 Å². The molecule has 2 nitrogen and oxygen atoms in total. The Morgan fingerprint density at radius 3 is 2.19 bits per heavy atom. The summed E-state index contributed by atoms with van der Waals surface area (Å²) in [7, 11) is 0. The van der Waals surface area contributed by atoms with Crippen LogP contribution in [-0.2, 0) is 0 Å². The summed E-state index contributed by atoms with van der Waals surface area (Å²) in [4.78, 5) is 1.24. The summed E-state index contributed by atoms with van der Waals surface area (Å²) in [6.07, 6.45) is 2.07. The highest BCUT2D eigenvalue weighted by atomic mass is 79.9. The smallest absolute Gasteiger partial charge is 0.142 e. The van der Waals surface area contributed by atoms with Crippen LogP contribution in [0.3, 0.4) is 0 Å². The Hall–Kier alpha value is -1.52. The van der Waals surface area contributed by atoms with Gasteiger partial charge in [0.2, 0.25) is 0 Å². The lowest BCUT2D eigenvalue weighted by Gasteiger charge is -2.04. The average molecular weight is 360 g/mol. The predicted octanol–water partition coefficient (Wildman–Crippen LogP) is 5.80. The van der Waals surface area contributed by atoms with E-state index >= 15 is 0 Å². The van der Waals surface area contributed by atoms with Crippen LogP contribution in [0.15, 0.2) is 62.4 Å². The molecule has 1 heterocycles. The number of thioether (sulfide) groups is 1. The van der Waals surface area contributed by atoms with Crippen molar-refractivity contribution in [2.24, 2.45) is 0 Å². The fourth-order valence-electron chi connectivity index (χ4n) is 2.27. The Kier molecular flexibility index (Phi) is 4.17. The Morgan fingerprint density at radius 1 is 0.952 bits per heavy atom. The van der Waals surface area contributed by atoms with Crippen LogP contribution >= 0.6 is 27.7 Å². The van der Waals surface area contributed by atoms with Gasteiger partial charge in [-0.3, -0.25) is 0 Å². The summed E-state index contributed by atoms with van der Waals surface area (Å²) in [5, 5.41) is 4.25. The van der Waals surface area contributed by atoms with E-state index in [1.165, 1.54) is 4.90 Å². The maximum absolute atomic E-state index is 5.42. The molecule has 2 aromatic carbocycles. The van der Waals surface area contributed by atoms with Crippen molar-refractivity contribution in [3.05, 3.63) is 58.8 Å². The fourth-order valence-corrected chi connectivity index (χ4v) is 2.95. The molecular formula is C17H14BrNOS. The van der Waals surface area contributed by atoms with Crippen molar-refractivity contribution in [1.82, 2.24) is 5.16 Å². The highest BCUT2D eigenvalue weighted by Gasteiger charge is 2.16. The Bertz CT molecular complexity index is 747. The second-order valence-corrected chi connectivity index (χ2v) is 6.49. The fraction of sp³-hybridized carbons (Fsp3) is 0.118. The average Bonchev–Trinajstić information content (AvgIpc) is 2.90. The molecule has 3 rings (SSSR count). The van der Waals surface area contributed by atoms with Crippen molar-refractivity contribution in [2.45, 2.75) is 11.8 Å². The quantitative estimate of drug-likeness (QED) is 0.552. The van der Waals surface area contributed by atoms with Crippen molar-refractivity contribution in [3.63, 3.8) is 0 Å². The topological polar surface area (TPSA) is 26.0 Å². The summed E-state index contributed by atoms with van der Waals surface area (Å²) >= 11 is 5.20. The zero-order valence-electron chi connectivity index (χ0n) is 11.8. The van der Waals surface area contributed by atoms with Gasteiger partial charge in [0.1, 0.15) is 11.5 Å². The molecule has 106 valence electrons. The van der Waals surface area contributed by atoms with E-state index in [0.29, 0.717) is 0 Å². The number of hydrogen-bond acceptors (Lipinski definition) is 3. The van der Waals surface area contributed by atoms with Crippen LogP contribution in [-0.4, -0.2) is 11.4 Å². The Balaban J connectivity index is 2.09. The normalized spacial score (nSPS) is 10.8. The van der Waals surface area contributed by atoms with Crippen molar-refractivity contribution in [1.29, 1.82) is 0 Å². The van der Waals surface area contributed by atoms with Gasteiger partial charge in [-0.25, -0.2) is 0 Å². The predicted molar refractivity (Wildman–Crippen MR) is 91.6 cm³/mol. The number of aromatic nitrogens is 1. The molecule has 0 aliphatic carbocycles. The molecule has 0 radical (unpaired) electrons. The lowest BCUT2D eigenvalue weighted by Crippen LogP contribution is -1.84. The van der Waals surface area contributed by atoms with Crippen molar-refractivity contribution >= 4 is 27.7 Å². The second-order valence-electron chi connectivity index (χ2n) is 4.70. The number of halogens is 1. The van der Waals surface area contributed by atoms with Gasteiger partial charge < -0.3 is 4.52 Å². The summed E-state index contributed by atoms with van der Waals surface area (Å²) in [6.45, 7) is 1.95. The first-order chi connectivity index (χ1) is 10.2. The molecule has 0 aliphatic rings. The second kappa shape index (κ2) is 6.08. The van der Waals surface area contributed by atoms with Gasteiger partial charge in [-0.05, 0) is 43.0 Å². The summed E-state index contributed by atoms with van der Waals surface area (Å²) in [6, 6.07) is 16.6. The number of nitrogens with zero attached hydrogens (tertiary/aromatic N) is 1. The number of aryl methyl sites for hydroxylation is 1. The molecule has 0 aliphatic heterocycles. The Labute approximate surface area is 136 Å². The lowest BCUT2D eigenvalue weighted by atomic mass is 10.00. The third-order valence-corrected chi connectivity index (χ3v) is 4.63. The number of hydrogen-bond donors (Lipinski definition) is 0. The van der Waals surface area contributed by atoms with Crippen molar-refractivity contribution < 1.29 is 4.52 Å². The van der Waals surface area contributed by atoms with E-state index in [1.54, 1.807) is 11.8 Å². The molecule has 0 N–H and O–H groups in total. The van der Waals surface area contributed by atoms with Crippen LogP contribution in [0, 0.1) is 6.92 Å². The minimum absolute atomic E-state index is 0.835. The minimum atomic E-state index is 0.835. The highest BCUT2D eigenvalue weighted by Crippen LogP contribution is 2.35. The Morgan fingerprint density at radius 2 is 1.57 bits per heavy atom. The third kappa shape index (κ3) is 2.92. The molecule has 0 atom stereocenters. The van der Waals surface area contributed by atoms with Crippen molar-refractivity contribution in [3.8, 4) is 22.4 Å². The summed E-state index contributed by atoms with van der Waals surface area (Å²) in [5.74, 6) is 0.835. The van der Waals surface area contributed by atoms with Gasteiger partial charge in [-0.15, -0.1) is 11.8 Å². The van der Waals surface area contributed by atoms with Gasteiger partial charge in [0.15, 0.2) is 0 Å². The maximum atomic E-state index is 5.42. The zero-order valence-corrected chi connectivity index (χ0v) is 14.2. The van der Waals surface area contributed by atoms with E-state index in [9.17, 15) is 0 Å². The molecule has 0 spiro atoms. The zero-order chi connectivity index (χ0) is 14.8. The van der Waals surface area contributed by atoms with Crippen LogP contribution in [0.25, 0.3) is 22.4 Å². The van der Waals surface area contributed by atoms with Crippen LogP contribution in [0.5, 0.6) is 0 Å². The van der Waals surface area contributed by atoms with Gasteiger partial charge in [0.25, 0.3) is 0 Å². The van der Waals surface area contributed by atoms with Gasteiger partial charge >= 0.3 is 0 Å². The standard InChI is InChI=1S/C17H14BrNOS/c1-11-16(12-3-7-14(18)8-4-12)17(19-20-11)13-5-9-15(21-2)10-6-13/h3-10H,1-2H3. The van der Waals surface area contributed by atoms with Crippen molar-refractivity contribution in [2.75, 3.05) is 6.26 Å². The van der Waals surface area contributed by atoms with Gasteiger partial charge in [-0.2, -0.15) is 0 Å². The van der Waals surface area contributed by atoms with Crippen LogP contribution < -0.4 is 0 Å². The molecule has 0 amide bonds. The molecule has 0 saturated heterocycles. The maximum Gasteiger partial charge on any atom is 0.142 e. The van der Waals surface area contributed by atoms with E-state index in [1.807, 2.05) is 19.1 Å². The molecule has 21 heavy (non-hydrogen) atoms. The molecule has 3 aromatic rings. The first-order valence-corrected chi connectivity index (χ1v) is 8.57. The molecule has 0 bridgehead atoms. The minimum Gasteiger partial charge on any atom is -0.360 e. The van der Waals surface area contributed by atoms with E-state index in [4.69, 9.17) is 4.52 Å². The van der Waals surface area contributed by atoms with Crippen LogP contribution in [0.4, 0.5) is 0 Å². The SMILES string of the molecule is CSc1ccc(-c2noc(C)c2-c2ccc(Br)cc2)cc1. The molecule has 1 aromatic heterocycles. The number of benzene rings is 2. The van der Waals surface area contributed by atoms with Gasteiger partial charge in [0, 0.05) is 14.9 Å². The molecule has 0 saturated carbocycles. The van der Waals surface area contributed by atoms with Gasteiger partial charge in [0.05, 0.1) is 5.56 Å². The number of rotatable bonds is 3. The summed E-state index contributed by atoms with van der Waals surface area (Å²) in [5.41, 5.74) is 4.13. The molecule has 0 fully saturated rings. The van der Waals surface area contributed by atoms with E-state index in [0.717, 1.165) is 32.6 Å².